The molecule has 4 nitrogen and oxygen atoms in total. The highest BCUT2D eigenvalue weighted by atomic mass is 15.2. The van der Waals surface area contributed by atoms with Crippen molar-refractivity contribution in [1.82, 2.24) is 19.5 Å². The van der Waals surface area contributed by atoms with E-state index in [9.17, 15) is 0 Å². The van der Waals surface area contributed by atoms with Gasteiger partial charge in [0.05, 0.1) is 11.0 Å². The van der Waals surface area contributed by atoms with E-state index in [1.807, 2.05) is 36.4 Å². The molecule has 0 N–H and O–H groups in total. The summed E-state index contributed by atoms with van der Waals surface area (Å²) < 4.78 is 2.24. The lowest BCUT2D eigenvalue weighted by molar-refractivity contribution is 0.954. The van der Waals surface area contributed by atoms with Crippen molar-refractivity contribution in [3.8, 4) is 51.0 Å². The van der Waals surface area contributed by atoms with Gasteiger partial charge in [-0.1, -0.05) is 163 Å². The van der Waals surface area contributed by atoms with Gasteiger partial charge < -0.3 is 0 Å². The largest absolute Gasteiger partial charge is 0.278 e. The number of benzene rings is 9. The predicted octanol–water partition coefficient (Wildman–Crippen LogP) is 13.4. The van der Waals surface area contributed by atoms with Crippen molar-refractivity contribution in [2.45, 2.75) is 6.92 Å². The van der Waals surface area contributed by atoms with Crippen molar-refractivity contribution in [1.29, 1.82) is 0 Å². The van der Waals surface area contributed by atoms with Gasteiger partial charge in [-0.3, -0.25) is 4.57 Å². The lowest BCUT2D eigenvalue weighted by Gasteiger charge is -2.14. The van der Waals surface area contributed by atoms with E-state index in [1.54, 1.807) is 0 Å². The highest BCUT2D eigenvalue weighted by molar-refractivity contribution is 6.29. The maximum Gasteiger partial charge on any atom is 0.238 e. The molecule has 56 heavy (non-hydrogen) atoms. The van der Waals surface area contributed by atoms with Crippen LogP contribution in [0.25, 0.3) is 105 Å². The lowest BCUT2D eigenvalue weighted by atomic mass is 9.91. The molecular formula is C52H34N4. The molecule has 11 aromatic rings. The van der Waals surface area contributed by atoms with Crippen LogP contribution in [0, 0.1) is 6.92 Å². The molecule has 4 heteroatoms. The van der Waals surface area contributed by atoms with Crippen LogP contribution in [0.5, 0.6) is 0 Å². The van der Waals surface area contributed by atoms with Crippen LogP contribution in [-0.2, 0) is 0 Å². The molecule has 0 radical (unpaired) electrons. The molecule has 11 rings (SSSR count). The van der Waals surface area contributed by atoms with Crippen LogP contribution in [0.3, 0.4) is 0 Å². The van der Waals surface area contributed by atoms with Crippen LogP contribution >= 0.6 is 0 Å². The predicted molar refractivity (Wildman–Crippen MR) is 233 cm³/mol. The van der Waals surface area contributed by atoms with Crippen molar-refractivity contribution in [3.05, 3.63) is 194 Å². The molecule has 0 fully saturated rings. The SMILES string of the molecule is Cc1ccc(-c2ccc3c4ccccc4c4cc5c(cc4c3c2)c2cc(-c3ccccc3)ccc2n5-c2nc(-c3ccccc3)nc(-c3ccccc3)n2)cc1. The molecule has 0 bridgehead atoms. The van der Waals surface area contributed by atoms with Crippen molar-refractivity contribution in [3.63, 3.8) is 0 Å². The number of fused-ring (bicyclic) bond motifs is 9. The zero-order valence-electron chi connectivity index (χ0n) is 30.7. The molecule has 0 aliphatic carbocycles. The second-order valence-corrected chi connectivity index (χ2v) is 14.5. The summed E-state index contributed by atoms with van der Waals surface area (Å²) in [5.74, 6) is 1.84. The molecule has 0 aliphatic rings. The van der Waals surface area contributed by atoms with Gasteiger partial charge in [-0.25, -0.2) is 4.98 Å². The van der Waals surface area contributed by atoms with Gasteiger partial charge in [-0.2, -0.15) is 9.97 Å². The summed E-state index contributed by atoms with van der Waals surface area (Å²) in [5.41, 5.74) is 9.96. The summed E-state index contributed by atoms with van der Waals surface area (Å²) in [4.78, 5) is 15.5. The fourth-order valence-electron chi connectivity index (χ4n) is 8.31. The molecule has 0 saturated carbocycles. The molecule has 0 spiro atoms. The number of rotatable bonds is 5. The number of aryl methyl sites for hydroxylation is 1. The molecule has 0 aliphatic heterocycles. The minimum atomic E-state index is 0.580. The zero-order valence-corrected chi connectivity index (χ0v) is 30.7. The molecule has 2 heterocycles. The maximum atomic E-state index is 5.24. The molecule has 0 atom stereocenters. The summed E-state index contributed by atoms with van der Waals surface area (Å²) in [5, 5.41) is 9.62. The Bertz CT molecular complexity index is 3220. The Morgan fingerprint density at radius 1 is 0.304 bits per heavy atom. The first-order valence-electron chi connectivity index (χ1n) is 19.0. The summed E-state index contributed by atoms with van der Waals surface area (Å²) in [6.07, 6.45) is 0. The minimum Gasteiger partial charge on any atom is -0.278 e. The van der Waals surface area contributed by atoms with Crippen LogP contribution in [0.2, 0.25) is 0 Å². The van der Waals surface area contributed by atoms with Gasteiger partial charge in [0.15, 0.2) is 11.6 Å². The van der Waals surface area contributed by atoms with Gasteiger partial charge in [-0.05, 0) is 91.8 Å². The van der Waals surface area contributed by atoms with E-state index in [4.69, 9.17) is 15.0 Å². The van der Waals surface area contributed by atoms with Crippen LogP contribution in [0.4, 0.5) is 0 Å². The number of hydrogen-bond acceptors (Lipinski definition) is 3. The number of nitrogens with zero attached hydrogens (tertiary/aromatic N) is 4. The maximum absolute atomic E-state index is 5.24. The highest BCUT2D eigenvalue weighted by Gasteiger charge is 2.21. The summed E-state index contributed by atoms with van der Waals surface area (Å²) in [6, 6.07) is 67.0. The summed E-state index contributed by atoms with van der Waals surface area (Å²) >= 11 is 0. The van der Waals surface area contributed by atoms with Gasteiger partial charge >= 0.3 is 0 Å². The standard InChI is InChI=1S/C52H34N4/c1-33-21-23-35(24-22-33)38-25-27-42-40-19-11-12-20-41(40)45-32-49-47(31-44(45)43(42)29-38)46-30-39(34-13-5-2-6-14-34)26-28-48(46)56(49)52-54-50(36-15-7-3-8-16-36)53-51(55-52)37-17-9-4-10-18-37/h2-32H,1H3. The first kappa shape index (κ1) is 32.0. The third-order valence-electron chi connectivity index (χ3n) is 11.1. The van der Waals surface area contributed by atoms with E-state index >= 15 is 0 Å². The Balaban J connectivity index is 1.27. The van der Waals surface area contributed by atoms with Crippen molar-refractivity contribution >= 4 is 54.1 Å². The Morgan fingerprint density at radius 2 is 0.750 bits per heavy atom. The van der Waals surface area contributed by atoms with Crippen LogP contribution < -0.4 is 0 Å². The van der Waals surface area contributed by atoms with Crippen LogP contribution in [-0.4, -0.2) is 19.5 Å². The zero-order chi connectivity index (χ0) is 37.2. The van der Waals surface area contributed by atoms with Crippen molar-refractivity contribution < 1.29 is 0 Å². The van der Waals surface area contributed by atoms with Gasteiger partial charge in [0, 0.05) is 21.9 Å². The second-order valence-electron chi connectivity index (χ2n) is 14.5. The first-order chi connectivity index (χ1) is 27.7. The Morgan fingerprint density at radius 3 is 1.39 bits per heavy atom. The molecule has 9 aromatic carbocycles. The van der Waals surface area contributed by atoms with E-state index < -0.39 is 0 Å². The lowest BCUT2D eigenvalue weighted by Crippen LogP contribution is -2.06. The Kier molecular flexibility index (Phi) is 7.36. The molecule has 0 unspecified atom stereocenters. The fourth-order valence-corrected chi connectivity index (χ4v) is 8.31. The van der Waals surface area contributed by atoms with Crippen LogP contribution in [0.15, 0.2) is 188 Å². The quantitative estimate of drug-likeness (QED) is 0.167. The summed E-state index contributed by atoms with van der Waals surface area (Å²) in [7, 11) is 0. The third kappa shape index (κ3) is 5.26. The van der Waals surface area contributed by atoms with E-state index in [0.29, 0.717) is 17.6 Å². The Labute approximate surface area is 324 Å². The van der Waals surface area contributed by atoms with E-state index in [0.717, 1.165) is 38.5 Å². The van der Waals surface area contributed by atoms with E-state index in [2.05, 4.69) is 163 Å². The highest BCUT2D eigenvalue weighted by Crippen LogP contribution is 2.42. The van der Waals surface area contributed by atoms with Crippen molar-refractivity contribution in [2.75, 3.05) is 0 Å². The second kappa shape index (κ2) is 12.9. The number of aromatic nitrogens is 4. The molecule has 0 amide bonds. The molecular weight excluding hydrogens is 681 g/mol. The monoisotopic (exact) mass is 714 g/mol. The molecule has 2 aromatic heterocycles. The van der Waals surface area contributed by atoms with Gasteiger partial charge in [0.2, 0.25) is 5.95 Å². The van der Waals surface area contributed by atoms with Gasteiger partial charge in [-0.15, -0.1) is 0 Å². The number of hydrogen-bond donors (Lipinski definition) is 0. The summed E-state index contributed by atoms with van der Waals surface area (Å²) in [6.45, 7) is 2.14. The van der Waals surface area contributed by atoms with Gasteiger partial charge in [0.25, 0.3) is 0 Å². The third-order valence-corrected chi connectivity index (χ3v) is 11.1. The first-order valence-corrected chi connectivity index (χ1v) is 19.0. The average Bonchev–Trinajstić information content (AvgIpc) is 3.59. The minimum absolute atomic E-state index is 0.580. The normalized spacial score (nSPS) is 11.7. The average molecular weight is 715 g/mol. The van der Waals surface area contributed by atoms with Gasteiger partial charge in [0.1, 0.15) is 0 Å². The smallest absolute Gasteiger partial charge is 0.238 e. The fraction of sp³-hybridized carbons (Fsp3) is 0.0192. The van der Waals surface area contributed by atoms with E-state index in [-0.39, 0.29) is 0 Å². The molecule has 262 valence electrons. The topological polar surface area (TPSA) is 43.6 Å². The molecule has 0 saturated heterocycles. The Hall–Kier alpha value is -7.43. The van der Waals surface area contributed by atoms with Crippen LogP contribution in [0.1, 0.15) is 5.56 Å². The van der Waals surface area contributed by atoms with E-state index in [1.165, 1.54) is 54.6 Å². The van der Waals surface area contributed by atoms with Crippen molar-refractivity contribution in [2.24, 2.45) is 0 Å².